The van der Waals surface area contributed by atoms with Crippen molar-refractivity contribution in [1.82, 2.24) is 0 Å². The van der Waals surface area contributed by atoms with Gasteiger partial charge in [-0.05, 0) is 0 Å². The zero-order chi connectivity index (χ0) is 12.7. The maximum Gasteiger partial charge on any atom is 0.215 e. The molecule has 0 aliphatic carbocycles. The summed E-state index contributed by atoms with van der Waals surface area (Å²) in [5.41, 5.74) is 0. The van der Waals surface area contributed by atoms with Gasteiger partial charge in [0.1, 0.15) is 12.6 Å². The van der Waals surface area contributed by atoms with E-state index in [0.29, 0.717) is 11.0 Å². The first-order valence-corrected chi connectivity index (χ1v) is 5.36. The van der Waals surface area contributed by atoms with Gasteiger partial charge in [0.2, 0.25) is 10.4 Å². The highest BCUT2D eigenvalue weighted by Crippen LogP contribution is 1.97. The molecule has 0 aromatic rings. The largest absolute Gasteiger partial charge is 0.726 e. The fourth-order valence-electron chi connectivity index (χ4n) is 0.802. The van der Waals surface area contributed by atoms with Crippen molar-refractivity contribution >= 4 is 10.4 Å². The minimum atomic E-state index is -4.92. The third-order valence-electron chi connectivity index (χ3n) is 1.09. The predicted octanol–water partition coefficient (Wildman–Crippen LogP) is -1.03. The zero-order valence-corrected chi connectivity index (χ0v) is 9.73. The number of hydrogen-bond acceptors (Lipinski definition) is 5. The van der Waals surface area contributed by atoms with Gasteiger partial charge in [-0.2, -0.15) is 5.26 Å². The van der Waals surface area contributed by atoms with E-state index in [4.69, 9.17) is 27.9 Å². The van der Waals surface area contributed by atoms with Crippen LogP contribution in [0.4, 0.5) is 0 Å². The first-order valence-electron chi connectivity index (χ1n) is 3.99. The number of rotatable bonds is 3. The lowest BCUT2D eigenvalue weighted by Crippen LogP contribution is -2.41. The van der Waals surface area contributed by atoms with Crippen LogP contribution in [0.25, 0.3) is 0 Å². The first-order chi connectivity index (χ1) is 6.45. The summed E-state index contributed by atoms with van der Waals surface area (Å²) in [6.07, 6.45) is -0.250. The third kappa shape index (κ3) is 31.9. The van der Waals surface area contributed by atoms with Crippen LogP contribution in [0.5, 0.6) is 0 Å². The molecule has 0 aliphatic heterocycles. The monoisotopic (exact) mass is 240 g/mol. The summed E-state index contributed by atoms with van der Waals surface area (Å²) in [5.74, 6) is 0. The van der Waals surface area contributed by atoms with Gasteiger partial charge in [-0.3, -0.25) is 4.55 Å². The molecule has 0 aromatic heterocycles. The number of nitrogens with zero attached hydrogens (tertiary/aromatic N) is 2. The SMILES string of the molecule is C[N+](C)(C)CC(O)CC#N.O=S(=O)([O-])O. The van der Waals surface area contributed by atoms with E-state index in [0.717, 1.165) is 0 Å². The number of aliphatic hydroxyl groups is 1. The second kappa shape index (κ2) is 6.71. The molecule has 0 heterocycles. The molecule has 1 unspecified atom stereocenters. The van der Waals surface area contributed by atoms with Crippen molar-refractivity contribution in [2.75, 3.05) is 27.7 Å². The maximum absolute atomic E-state index is 9.15. The molecule has 90 valence electrons. The Morgan fingerprint density at radius 2 is 1.80 bits per heavy atom. The molecule has 0 amide bonds. The van der Waals surface area contributed by atoms with Crippen LogP contribution in [0.3, 0.4) is 0 Å². The zero-order valence-electron chi connectivity index (χ0n) is 8.91. The Hall–Kier alpha value is -0.720. The Bertz CT molecular complexity index is 292. The molecular formula is C7H16N2O5S. The Balaban J connectivity index is 0. The summed E-state index contributed by atoms with van der Waals surface area (Å²) in [6.45, 7) is 0.633. The molecule has 0 aromatic carbocycles. The van der Waals surface area contributed by atoms with Crippen LogP contribution in [0, 0.1) is 11.3 Å². The standard InChI is InChI=1S/C7H15N2O.H2O4S/c1-9(2,3)6-7(10)4-5-8;1-5(2,3)4/h7,10H,4,6H2,1-3H3;(H2,1,2,3,4)/q+1;/p-1. The van der Waals surface area contributed by atoms with Gasteiger partial charge < -0.3 is 14.1 Å². The van der Waals surface area contributed by atoms with Crippen molar-refractivity contribution in [1.29, 1.82) is 5.26 Å². The highest BCUT2D eigenvalue weighted by atomic mass is 32.3. The molecule has 0 fully saturated rings. The Morgan fingerprint density at radius 3 is 2.00 bits per heavy atom. The molecule has 2 N–H and O–H groups in total. The van der Waals surface area contributed by atoms with Gasteiger partial charge in [0.05, 0.1) is 33.6 Å². The van der Waals surface area contributed by atoms with E-state index in [1.165, 1.54) is 0 Å². The van der Waals surface area contributed by atoms with Gasteiger partial charge in [-0.25, -0.2) is 8.42 Å². The second-order valence-corrected chi connectivity index (χ2v) is 4.77. The van der Waals surface area contributed by atoms with Crippen LogP contribution >= 0.6 is 0 Å². The average molecular weight is 240 g/mol. The fourth-order valence-corrected chi connectivity index (χ4v) is 0.802. The summed E-state index contributed by atoms with van der Waals surface area (Å²) in [4.78, 5) is 0. The van der Waals surface area contributed by atoms with Crippen molar-refractivity contribution in [3.63, 3.8) is 0 Å². The number of quaternary nitrogens is 1. The first kappa shape index (κ1) is 16.7. The Kier molecular flexibility index (Phi) is 7.47. The van der Waals surface area contributed by atoms with Crippen molar-refractivity contribution < 1.29 is 27.1 Å². The molecule has 0 saturated heterocycles. The molecular weight excluding hydrogens is 224 g/mol. The van der Waals surface area contributed by atoms with Crippen LogP contribution in [0.2, 0.25) is 0 Å². The smallest absolute Gasteiger partial charge is 0.215 e. The average Bonchev–Trinajstić information content (AvgIpc) is 1.77. The summed E-state index contributed by atoms with van der Waals surface area (Å²) < 4.78 is 33.5. The van der Waals surface area contributed by atoms with Crippen molar-refractivity contribution in [2.45, 2.75) is 12.5 Å². The van der Waals surface area contributed by atoms with Crippen LogP contribution in [0.1, 0.15) is 6.42 Å². The summed E-state index contributed by atoms with van der Waals surface area (Å²) in [5, 5.41) is 17.4. The molecule has 0 bridgehead atoms. The van der Waals surface area contributed by atoms with Gasteiger partial charge in [-0.15, -0.1) is 0 Å². The van der Waals surface area contributed by atoms with E-state index in [-0.39, 0.29) is 6.42 Å². The lowest BCUT2D eigenvalue weighted by atomic mass is 10.2. The minimum absolute atomic E-state index is 0.232. The number of nitriles is 1. The Labute approximate surface area is 89.7 Å². The summed E-state index contributed by atoms with van der Waals surface area (Å²) >= 11 is 0. The van der Waals surface area contributed by atoms with Crippen molar-refractivity contribution in [3.8, 4) is 6.07 Å². The van der Waals surface area contributed by atoms with Crippen LogP contribution in [0.15, 0.2) is 0 Å². The summed E-state index contributed by atoms with van der Waals surface area (Å²) in [6, 6.07) is 1.93. The van der Waals surface area contributed by atoms with E-state index in [1.54, 1.807) is 0 Å². The van der Waals surface area contributed by atoms with Gasteiger partial charge in [-0.1, -0.05) is 0 Å². The minimum Gasteiger partial charge on any atom is -0.726 e. The van der Waals surface area contributed by atoms with E-state index in [9.17, 15) is 0 Å². The predicted molar refractivity (Wildman–Crippen MR) is 51.5 cm³/mol. The molecule has 0 radical (unpaired) electrons. The Morgan fingerprint density at radius 1 is 1.47 bits per heavy atom. The lowest BCUT2D eigenvalue weighted by Gasteiger charge is -2.25. The molecule has 7 nitrogen and oxygen atoms in total. The highest BCUT2D eigenvalue weighted by molar-refractivity contribution is 7.79. The van der Waals surface area contributed by atoms with Gasteiger partial charge in [0.15, 0.2) is 0 Å². The lowest BCUT2D eigenvalue weighted by molar-refractivity contribution is -0.873. The van der Waals surface area contributed by atoms with E-state index in [1.807, 2.05) is 27.2 Å². The number of likely N-dealkylation sites (N-methyl/N-ethyl adjacent to an activating group) is 1. The summed E-state index contributed by atoms with van der Waals surface area (Å²) in [7, 11) is 1.04. The molecule has 0 saturated carbocycles. The molecule has 0 spiro atoms. The molecule has 1 atom stereocenters. The van der Waals surface area contributed by atoms with Crippen LogP contribution < -0.4 is 0 Å². The molecule has 15 heavy (non-hydrogen) atoms. The second-order valence-electron chi connectivity index (χ2n) is 3.92. The maximum atomic E-state index is 9.15. The van der Waals surface area contributed by atoms with Crippen molar-refractivity contribution in [3.05, 3.63) is 0 Å². The molecule has 0 aliphatic rings. The normalized spacial score (nSPS) is 13.4. The van der Waals surface area contributed by atoms with Gasteiger partial charge >= 0.3 is 0 Å². The number of aliphatic hydroxyl groups excluding tert-OH is 1. The van der Waals surface area contributed by atoms with Crippen LogP contribution in [-0.2, 0) is 10.4 Å². The van der Waals surface area contributed by atoms with Gasteiger partial charge in [0.25, 0.3) is 0 Å². The van der Waals surface area contributed by atoms with E-state index >= 15 is 0 Å². The topological polar surface area (TPSA) is 121 Å². The van der Waals surface area contributed by atoms with Crippen LogP contribution in [-0.4, -0.2) is 60.9 Å². The molecule has 0 rings (SSSR count). The highest BCUT2D eigenvalue weighted by Gasteiger charge is 2.14. The fraction of sp³-hybridized carbons (Fsp3) is 0.857. The quantitative estimate of drug-likeness (QED) is 0.369. The van der Waals surface area contributed by atoms with Crippen molar-refractivity contribution in [2.24, 2.45) is 0 Å². The van der Waals surface area contributed by atoms with Gasteiger partial charge in [0, 0.05) is 0 Å². The third-order valence-corrected chi connectivity index (χ3v) is 1.09. The van der Waals surface area contributed by atoms with E-state index < -0.39 is 16.5 Å². The molecule has 8 heteroatoms. The number of hydrogen-bond donors (Lipinski definition) is 2. The van der Waals surface area contributed by atoms with E-state index in [2.05, 4.69) is 0 Å².